The predicted octanol–water partition coefficient (Wildman–Crippen LogP) is 0.695. The van der Waals surface area contributed by atoms with Gasteiger partial charge in [-0.15, -0.1) is 0 Å². The lowest BCUT2D eigenvalue weighted by Gasteiger charge is -2.07. The zero-order valence-electron chi connectivity index (χ0n) is 11.7. The summed E-state index contributed by atoms with van der Waals surface area (Å²) in [5, 5.41) is 16.7. The van der Waals surface area contributed by atoms with Gasteiger partial charge in [-0.05, 0) is 17.9 Å². The number of hydrogen-bond acceptors (Lipinski definition) is 4. The molecule has 112 valence electrons. The standard InChI is InChI=1S/C9H11NO2.C5H11NO2/c10-8(9(11)12)6-7-4-2-1-3-5-7;1-3(2)4(6)5(7)8/h1-5,8H,6,10H2,(H,11,12);3-4H,6H2,1-2H3,(H,7,8)/t8-;4-/m10/s1. The van der Waals surface area contributed by atoms with Crippen molar-refractivity contribution >= 4 is 11.9 Å². The minimum absolute atomic E-state index is 0.0208. The second kappa shape index (κ2) is 9.06. The van der Waals surface area contributed by atoms with Gasteiger partial charge in [0.05, 0.1) is 0 Å². The van der Waals surface area contributed by atoms with Gasteiger partial charge in [0.15, 0.2) is 0 Å². The molecule has 0 aliphatic rings. The van der Waals surface area contributed by atoms with Crippen LogP contribution in [0.2, 0.25) is 0 Å². The molecule has 1 rings (SSSR count). The Morgan fingerprint density at radius 1 is 1.05 bits per heavy atom. The molecule has 20 heavy (non-hydrogen) atoms. The summed E-state index contributed by atoms with van der Waals surface area (Å²) < 4.78 is 0. The summed E-state index contributed by atoms with van der Waals surface area (Å²) in [7, 11) is 0. The Balaban J connectivity index is 0.000000396. The molecule has 1 aromatic carbocycles. The first kappa shape index (κ1) is 18.1. The molecular weight excluding hydrogens is 260 g/mol. The number of rotatable bonds is 5. The van der Waals surface area contributed by atoms with Crippen LogP contribution in [-0.4, -0.2) is 34.2 Å². The second-order valence-electron chi connectivity index (χ2n) is 4.74. The molecule has 6 N–H and O–H groups in total. The molecule has 1 aromatic rings. The molecule has 0 bridgehead atoms. The highest BCUT2D eigenvalue weighted by Crippen LogP contribution is 2.01. The van der Waals surface area contributed by atoms with Crippen molar-refractivity contribution in [1.29, 1.82) is 0 Å². The van der Waals surface area contributed by atoms with Crippen LogP contribution in [0.4, 0.5) is 0 Å². The summed E-state index contributed by atoms with van der Waals surface area (Å²) in [5.41, 5.74) is 11.5. The van der Waals surface area contributed by atoms with E-state index in [4.69, 9.17) is 21.7 Å². The lowest BCUT2D eigenvalue weighted by Crippen LogP contribution is -2.34. The van der Waals surface area contributed by atoms with Crippen LogP contribution in [0.15, 0.2) is 30.3 Å². The highest BCUT2D eigenvalue weighted by molar-refractivity contribution is 5.73. The summed E-state index contributed by atoms with van der Waals surface area (Å²) in [4.78, 5) is 20.4. The summed E-state index contributed by atoms with van der Waals surface area (Å²) in [6, 6.07) is 7.83. The third kappa shape index (κ3) is 7.50. The maximum Gasteiger partial charge on any atom is 0.320 e. The Bertz CT molecular complexity index is 420. The monoisotopic (exact) mass is 282 g/mol. The number of carboxylic acids is 2. The van der Waals surface area contributed by atoms with Gasteiger partial charge in [0, 0.05) is 0 Å². The van der Waals surface area contributed by atoms with Crippen LogP contribution in [-0.2, 0) is 16.0 Å². The van der Waals surface area contributed by atoms with Crippen molar-refractivity contribution in [1.82, 2.24) is 0 Å². The van der Waals surface area contributed by atoms with Crippen molar-refractivity contribution < 1.29 is 19.8 Å². The van der Waals surface area contributed by atoms with Crippen LogP contribution in [0.25, 0.3) is 0 Å². The Morgan fingerprint density at radius 3 is 1.85 bits per heavy atom. The Hall–Kier alpha value is -1.92. The van der Waals surface area contributed by atoms with Gasteiger partial charge >= 0.3 is 11.9 Å². The average molecular weight is 282 g/mol. The number of carbonyl (C=O) groups is 2. The Morgan fingerprint density at radius 2 is 1.55 bits per heavy atom. The minimum atomic E-state index is -0.959. The highest BCUT2D eigenvalue weighted by Gasteiger charge is 2.14. The average Bonchev–Trinajstić information content (AvgIpc) is 2.39. The van der Waals surface area contributed by atoms with E-state index in [0.717, 1.165) is 5.56 Å². The molecule has 0 saturated carbocycles. The predicted molar refractivity (Wildman–Crippen MR) is 76.2 cm³/mol. The van der Waals surface area contributed by atoms with E-state index < -0.39 is 24.0 Å². The van der Waals surface area contributed by atoms with Crippen LogP contribution < -0.4 is 11.5 Å². The van der Waals surface area contributed by atoms with Gasteiger partial charge in [-0.25, -0.2) is 0 Å². The molecule has 0 radical (unpaired) electrons. The topological polar surface area (TPSA) is 127 Å². The van der Waals surface area contributed by atoms with Crippen molar-refractivity contribution in [2.75, 3.05) is 0 Å². The fourth-order valence-corrected chi connectivity index (χ4v) is 1.24. The van der Waals surface area contributed by atoms with E-state index in [1.807, 2.05) is 30.3 Å². The fourth-order valence-electron chi connectivity index (χ4n) is 1.24. The van der Waals surface area contributed by atoms with E-state index in [0.29, 0.717) is 6.42 Å². The van der Waals surface area contributed by atoms with Gasteiger partial charge < -0.3 is 21.7 Å². The van der Waals surface area contributed by atoms with Crippen LogP contribution in [0.3, 0.4) is 0 Å². The van der Waals surface area contributed by atoms with Gasteiger partial charge in [0.25, 0.3) is 0 Å². The van der Waals surface area contributed by atoms with Crippen LogP contribution >= 0.6 is 0 Å². The molecule has 0 saturated heterocycles. The first-order valence-corrected chi connectivity index (χ1v) is 6.26. The molecule has 0 aromatic heterocycles. The maximum absolute atomic E-state index is 10.4. The molecule has 0 spiro atoms. The van der Waals surface area contributed by atoms with Crippen LogP contribution in [0, 0.1) is 5.92 Å². The molecule has 2 atom stereocenters. The molecule has 6 nitrogen and oxygen atoms in total. The summed E-state index contributed by atoms with van der Waals surface area (Å²) in [6.45, 7) is 3.55. The van der Waals surface area contributed by atoms with Gasteiger partial charge in [0.1, 0.15) is 12.1 Å². The SMILES string of the molecule is CC(C)[C@H](N)C(=O)O.N[C@H](Cc1ccccc1)C(=O)O. The summed E-state index contributed by atoms with van der Waals surface area (Å²) >= 11 is 0. The maximum atomic E-state index is 10.4. The Labute approximate surface area is 118 Å². The minimum Gasteiger partial charge on any atom is -0.480 e. The quantitative estimate of drug-likeness (QED) is 0.629. The number of nitrogens with two attached hydrogens (primary N) is 2. The van der Waals surface area contributed by atoms with Crippen LogP contribution in [0.5, 0.6) is 0 Å². The second-order valence-corrected chi connectivity index (χ2v) is 4.74. The smallest absolute Gasteiger partial charge is 0.320 e. The van der Waals surface area contributed by atoms with E-state index in [9.17, 15) is 9.59 Å². The van der Waals surface area contributed by atoms with E-state index >= 15 is 0 Å². The largest absolute Gasteiger partial charge is 0.480 e. The molecule has 0 aliphatic heterocycles. The number of aliphatic carboxylic acids is 2. The first-order chi connectivity index (χ1) is 9.25. The van der Waals surface area contributed by atoms with Gasteiger partial charge in [0.2, 0.25) is 0 Å². The molecule has 0 aliphatic carbocycles. The number of hydrogen-bond donors (Lipinski definition) is 4. The molecule has 0 unspecified atom stereocenters. The molecule has 6 heteroatoms. The zero-order chi connectivity index (χ0) is 15.7. The van der Waals surface area contributed by atoms with Gasteiger partial charge in [-0.1, -0.05) is 44.2 Å². The van der Waals surface area contributed by atoms with Crippen molar-refractivity contribution in [3.8, 4) is 0 Å². The summed E-state index contributed by atoms with van der Waals surface area (Å²) in [6.07, 6.45) is 0.385. The normalized spacial score (nSPS) is 13.1. The van der Waals surface area contributed by atoms with Gasteiger partial charge in [-0.3, -0.25) is 9.59 Å². The third-order valence-electron chi connectivity index (χ3n) is 2.62. The van der Waals surface area contributed by atoms with Crippen molar-refractivity contribution in [3.63, 3.8) is 0 Å². The fraction of sp³-hybridized carbons (Fsp3) is 0.429. The van der Waals surface area contributed by atoms with E-state index in [1.165, 1.54) is 0 Å². The van der Waals surface area contributed by atoms with Crippen molar-refractivity contribution in [2.24, 2.45) is 17.4 Å². The van der Waals surface area contributed by atoms with Gasteiger partial charge in [-0.2, -0.15) is 0 Å². The lowest BCUT2D eigenvalue weighted by molar-refractivity contribution is -0.140. The number of benzene rings is 1. The van der Waals surface area contributed by atoms with Crippen molar-refractivity contribution in [3.05, 3.63) is 35.9 Å². The lowest BCUT2D eigenvalue weighted by atomic mass is 10.1. The zero-order valence-corrected chi connectivity index (χ0v) is 11.7. The molecule has 0 fully saturated rings. The summed E-state index contributed by atoms with van der Waals surface area (Å²) in [5.74, 6) is -1.87. The molecular formula is C14H22N2O4. The van der Waals surface area contributed by atoms with E-state index in [1.54, 1.807) is 13.8 Å². The molecule has 0 amide bonds. The third-order valence-corrected chi connectivity index (χ3v) is 2.62. The van der Waals surface area contributed by atoms with Crippen molar-refractivity contribution in [2.45, 2.75) is 32.4 Å². The number of carboxylic acid groups (broad SMARTS) is 2. The van der Waals surface area contributed by atoms with E-state index in [2.05, 4.69) is 0 Å². The highest BCUT2D eigenvalue weighted by atomic mass is 16.4. The Kier molecular flexibility index (Phi) is 8.19. The molecule has 0 heterocycles. The van der Waals surface area contributed by atoms with E-state index in [-0.39, 0.29) is 5.92 Å². The first-order valence-electron chi connectivity index (χ1n) is 6.26. The van der Waals surface area contributed by atoms with Crippen LogP contribution in [0.1, 0.15) is 19.4 Å².